The topological polar surface area (TPSA) is 91.8 Å². The third-order valence-electron chi connectivity index (χ3n) is 5.52. The fourth-order valence-corrected chi connectivity index (χ4v) is 4.04. The summed E-state index contributed by atoms with van der Waals surface area (Å²) in [6.07, 6.45) is 1.87. The van der Waals surface area contributed by atoms with E-state index in [0.29, 0.717) is 11.1 Å². The predicted octanol–water partition coefficient (Wildman–Crippen LogP) is 2.10. The Labute approximate surface area is 163 Å². The van der Waals surface area contributed by atoms with Crippen molar-refractivity contribution >= 4 is 40.7 Å². The van der Waals surface area contributed by atoms with Gasteiger partial charge in [0.1, 0.15) is 5.69 Å². The first-order valence-electron chi connectivity index (χ1n) is 9.03. The summed E-state index contributed by atoms with van der Waals surface area (Å²) >= 11 is 0. The largest absolute Gasteiger partial charge is 0.477 e. The van der Waals surface area contributed by atoms with E-state index in [9.17, 15) is 14.7 Å². The van der Waals surface area contributed by atoms with Crippen LogP contribution in [0.2, 0.25) is 0 Å². The maximum absolute atomic E-state index is 12.6. The lowest BCUT2D eigenvalue weighted by molar-refractivity contribution is 0.0684. The van der Waals surface area contributed by atoms with Crippen molar-refractivity contribution in [2.24, 2.45) is 0 Å². The van der Waals surface area contributed by atoms with Crippen LogP contribution >= 0.6 is 12.4 Å². The van der Waals surface area contributed by atoms with E-state index in [4.69, 9.17) is 5.73 Å². The van der Waals surface area contributed by atoms with Crippen LogP contribution in [0.15, 0.2) is 16.9 Å². The molecule has 3 N–H and O–H groups in total. The molecule has 1 saturated heterocycles. The number of rotatable bonds is 3. The second kappa shape index (κ2) is 7.05. The van der Waals surface area contributed by atoms with E-state index < -0.39 is 5.97 Å². The molecule has 2 heterocycles. The van der Waals surface area contributed by atoms with Gasteiger partial charge in [-0.15, -0.1) is 12.4 Å². The molecule has 1 aliphatic carbocycles. The average Bonchev–Trinajstić information content (AvgIpc) is 3.41. The highest BCUT2D eigenvalue weighted by atomic mass is 35.5. The van der Waals surface area contributed by atoms with E-state index in [-0.39, 0.29) is 29.6 Å². The lowest BCUT2D eigenvalue weighted by atomic mass is 10.0. The highest BCUT2D eigenvalue weighted by Gasteiger charge is 2.31. The van der Waals surface area contributed by atoms with E-state index in [0.717, 1.165) is 55.8 Å². The molecule has 2 aliphatic rings. The Hall–Kier alpha value is -2.25. The Morgan fingerprint density at radius 2 is 1.81 bits per heavy atom. The van der Waals surface area contributed by atoms with Crippen molar-refractivity contribution in [1.82, 2.24) is 9.47 Å². The van der Waals surface area contributed by atoms with Crippen LogP contribution in [0.4, 0.5) is 11.4 Å². The van der Waals surface area contributed by atoms with Gasteiger partial charge < -0.3 is 25.2 Å². The van der Waals surface area contributed by atoms with Gasteiger partial charge in [0.05, 0.1) is 16.9 Å². The fourth-order valence-electron chi connectivity index (χ4n) is 4.04. The van der Waals surface area contributed by atoms with Crippen LogP contribution < -0.4 is 16.1 Å². The monoisotopic (exact) mass is 392 g/mol. The van der Waals surface area contributed by atoms with E-state index in [1.54, 1.807) is 6.07 Å². The molecule has 2 aromatic rings. The van der Waals surface area contributed by atoms with Crippen LogP contribution in [-0.4, -0.2) is 53.8 Å². The average molecular weight is 393 g/mol. The maximum atomic E-state index is 12.6. The molecule has 2 fully saturated rings. The summed E-state index contributed by atoms with van der Waals surface area (Å²) in [5, 5.41) is 10.1. The minimum absolute atomic E-state index is 0. The molecule has 1 saturated carbocycles. The number of hydrogen-bond donors (Lipinski definition) is 2. The van der Waals surface area contributed by atoms with Crippen molar-refractivity contribution in [2.75, 3.05) is 43.9 Å². The van der Waals surface area contributed by atoms with Gasteiger partial charge in [-0.2, -0.15) is 0 Å². The van der Waals surface area contributed by atoms with E-state index >= 15 is 0 Å². The summed E-state index contributed by atoms with van der Waals surface area (Å²) < 4.78 is 1.84. The highest BCUT2D eigenvalue weighted by Crippen LogP contribution is 2.41. The molecule has 4 rings (SSSR count). The minimum Gasteiger partial charge on any atom is -0.477 e. The van der Waals surface area contributed by atoms with Crippen molar-refractivity contribution in [3.05, 3.63) is 33.6 Å². The molecular weight excluding hydrogens is 368 g/mol. The lowest BCUT2D eigenvalue weighted by Crippen LogP contribution is -2.45. The number of nitrogen functional groups attached to an aromatic ring is 1. The van der Waals surface area contributed by atoms with Gasteiger partial charge in [0, 0.05) is 43.7 Å². The summed E-state index contributed by atoms with van der Waals surface area (Å²) in [4.78, 5) is 28.9. The number of likely N-dealkylation sites (N-methyl/N-ethyl adjacent to an activating group) is 1. The van der Waals surface area contributed by atoms with Crippen molar-refractivity contribution in [2.45, 2.75) is 25.8 Å². The van der Waals surface area contributed by atoms with Gasteiger partial charge >= 0.3 is 5.97 Å². The number of hydrogen-bond acceptors (Lipinski definition) is 5. The third kappa shape index (κ3) is 3.26. The fraction of sp³-hybridized carbons (Fsp3) is 0.474. The first kappa shape index (κ1) is 19.5. The van der Waals surface area contributed by atoms with Crippen LogP contribution in [0.3, 0.4) is 0 Å². The van der Waals surface area contributed by atoms with Crippen molar-refractivity contribution in [3.8, 4) is 0 Å². The summed E-state index contributed by atoms with van der Waals surface area (Å²) in [5.41, 5.74) is 9.27. The third-order valence-corrected chi connectivity index (χ3v) is 5.52. The standard InChI is InChI=1S/C19H24N4O3.ClH/c1-11-17-13(9-14(20)18(11)22-7-5-21(2)6-8-22)16(24)10-15(19(25)26)23(17)12-3-4-12;/h9-10,12H,3-8,20H2,1-2H3,(H,25,26);1H. The number of carboxylic acid groups (broad SMARTS) is 1. The number of aromatic nitrogens is 1. The SMILES string of the molecule is Cc1c(N2CCN(C)CC2)c(N)cc2c(=O)cc(C(=O)O)n(C3CC3)c12.Cl. The molecule has 146 valence electrons. The number of carboxylic acids is 1. The molecule has 8 heteroatoms. The van der Waals surface area contributed by atoms with Crippen molar-refractivity contribution < 1.29 is 9.90 Å². The number of nitrogens with two attached hydrogens (primary N) is 1. The number of aromatic carboxylic acids is 1. The molecule has 0 spiro atoms. The van der Waals surface area contributed by atoms with Gasteiger partial charge in [0.15, 0.2) is 5.43 Å². The van der Waals surface area contributed by atoms with Crippen LogP contribution in [0, 0.1) is 6.92 Å². The van der Waals surface area contributed by atoms with Crippen LogP contribution in [0.25, 0.3) is 10.9 Å². The number of halogens is 1. The second-order valence-corrected chi connectivity index (χ2v) is 7.43. The second-order valence-electron chi connectivity index (χ2n) is 7.43. The van der Waals surface area contributed by atoms with E-state index in [1.165, 1.54) is 6.07 Å². The first-order valence-corrected chi connectivity index (χ1v) is 9.03. The molecule has 0 bridgehead atoms. The molecular formula is C19H25ClN4O3. The normalized spacial score (nSPS) is 17.8. The number of nitrogens with zero attached hydrogens (tertiary/aromatic N) is 3. The van der Waals surface area contributed by atoms with Gasteiger partial charge in [-0.05, 0) is 38.4 Å². The number of benzene rings is 1. The predicted molar refractivity (Wildman–Crippen MR) is 110 cm³/mol. The van der Waals surface area contributed by atoms with Crippen LogP contribution in [-0.2, 0) is 0 Å². The smallest absolute Gasteiger partial charge is 0.352 e. The van der Waals surface area contributed by atoms with E-state index in [1.807, 2.05) is 11.5 Å². The maximum Gasteiger partial charge on any atom is 0.352 e. The lowest BCUT2D eigenvalue weighted by Gasteiger charge is -2.36. The van der Waals surface area contributed by atoms with Crippen LogP contribution in [0.5, 0.6) is 0 Å². The van der Waals surface area contributed by atoms with Gasteiger partial charge in [0.25, 0.3) is 0 Å². The molecule has 0 radical (unpaired) electrons. The Morgan fingerprint density at radius 3 is 2.37 bits per heavy atom. The molecule has 0 atom stereocenters. The molecule has 1 aromatic heterocycles. The first-order chi connectivity index (χ1) is 12.4. The molecule has 1 aromatic carbocycles. The Balaban J connectivity index is 0.00000210. The summed E-state index contributed by atoms with van der Waals surface area (Å²) in [6, 6.07) is 3.10. The molecule has 0 amide bonds. The van der Waals surface area contributed by atoms with Gasteiger partial charge in [-0.3, -0.25) is 4.79 Å². The zero-order chi connectivity index (χ0) is 18.6. The Morgan fingerprint density at radius 1 is 1.19 bits per heavy atom. The highest BCUT2D eigenvalue weighted by molar-refractivity contribution is 5.97. The van der Waals surface area contributed by atoms with E-state index in [2.05, 4.69) is 16.8 Å². The zero-order valence-corrected chi connectivity index (χ0v) is 16.4. The zero-order valence-electron chi connectivity index (χ0n) is 15.6. The number of carbonyl (C=O) groups is 1. The minimum atomic E-state index is -1.06. The molecule has 1 aliphatic heterocycles. The van der Waals surface area contributed by atoms with Gasteiger partial charge in [-0.25, -0.2) is 4.79 Å². The quantitative estimate of drug-likeness (QED) is 0.777. The number of pyridine rings is 1. The van der Waals surface area contributed by atoms with Crippen molar-refractivity contribution in [3.63, 3.8) is 0 Å². The van der Waals surface area contributed by atoms with Crippen molar-refractivity contribution in [1.29, 1.82) is 0 Å². The summed E-state index contributed by atoms with van der Waals surface area (Å²) in [7, 11) is 2.10. The number of anilines is 2. The summed E-state index contributed by atoms with van der Waals surface area (Å²) in [6.45, 7) is 5.57. The molecule has 27 heavy (non-hydrogen) atoms. The molecule has 0 unspecified atom stereocenters. The van der Waals surface area contributed by atoms with Gasteiger partial charge in [-0.1, -0.05) is 0 Å². The van der Waals surface area contributed by atoms with Gasteiger partial charge in [0.2, 0.25) is 0 Å². The van der Waals surface area contributed by atoms with Crippen LogP contribution in [0.1, 0.15) is 34.9 Å². The number of fused-ring (bicyclic) bond motifs is 1. The number of piperazine rings is 1. The Kier molecular flexibility index (Phi) is 5.10. The Bertz CT molecular complexity index is 960. The number of aryl methyl sites for hydroxylation is 1. The summed E-state index contributed by atoms with van der Waals surface area (Å²) in [5.74, 6) is -1.06. The molecule has 7 nitrogen and oxygen atoms in total.